The molecule has 0 bridgehead atoms. The van der Waals surface area contributed by atoms with Gasteiger partial charge in [-0.25, -0.2) is 4.39 Å². The summed E-state index contributed by atoms with van der Waals surface area (Å²) in [4.78, 5) is 0. The van der Waals surface area contributed by atoms with E-state index in [1.54, 1.807) is 10.5 Å². The number of hydrogen-bond acceptors (Lipinski definition) is 0. The van der Waals surface area contributed by atoms with Crippen LogP contribution in [0.2, 0.25) is 0 Å². The smallest absolute Gasteiger partial charge is 0.139 e. The van der Waals surface area contributed by atoms with Gasteiger partial charge in [0.2, 0.25) is 0 Å². The van der Waals surface area contributed by atoms with Gasteiger partial charge in [0.25, 0.3) is 0 Å². The molecule has 0 saturated heterocycles. The van der Waals surface area contributed by atoms with E-state index < -0.39 is 0 Å². The summed E-state index contributed by atoms with van der Waals surface area (Å²) in [6.07, 6.45) is 3.25. The van der Waals surface area contributed by atoms with Crippen LogP contribution in [0.1, 0.15) is 0 Å². The molecule has 0 aromatic carbocycles. The lowest BCUT2D eigenvalue weighted by molar-refractivity contribution is 0.619. The number of pyridine rings is 1. The molecule has 2 aromatic rings. The Hall–Kier alpha value is -0.830. The van der Waals surface area contributed by atoms with E-state index in [-0.39, 0.29) is 5.82 Å². The van der Waals surface area contributed by atoms with Gasteiger partial charge < -0.3 is 4.40 Å². The molecule has 0 radical (unpaired) electrons. The van der Waals surface area contributed by atoms with E-state index in [1.165, 1.54) is 12.3 Å². The second-order valence-corrected chi connectivity index (χ2v) is 3.16. The zero-order chi connectivity index (χ0) is 7.84. The topological polar surface area (TPSA) is 4.41 Å². The van der Waals surface area contributed by atoms with Crippen LogP contribution in [0, 0.1) is 5.82 Å². The molecule has 1 nitrogen and oxygen atoms in total. The Labute approximate surface area is 71.6 Å². The third-order valence-corrected chi connectivity index (χ3v) is 2.24. The molecule has 0 atom stereocenters. The number of aromatic nitrogens is 1. The van der Waals surface area contributed by atoms with Gasteiger partial charge in [-0.15, -0.1) is 0 Å². The maximum atomic E-state index is 12.6. The fraction of sp³-hybridized carbons (Fsp3) is 0. The van der Waals surface area contributed by atoms with E-state index >= 15 is 0 Å². The highest BCUT2D eigenvalue weighted by molar-refractivity contribution is 9.10. The van der Waals surface area contributed by atoms with Gasteiger partial charge >= 0.3 is 0 Å². The molecule has 3 heteroatoms. The van der Waals surface area contributed by atoms with Crippen molar-refractivity contribution < 1.29 is 4.39 Å². The maximum Gasteiger partial charge on any atom is 0.139 e. The van der Waals surface area contributed by atoms with Crippen molar-refractivity contribution in [2.24, 2.45) is 0 Å². The predicted molar refractivity (Wildman–Crippen MR) is 45.1 cm³/mol. The Morgan fingerprint density at radius 3 is 2.91 bits per heavy atom. The van der Waals surface area contributed by atoms with E-state index in [2.05, 4.69) is 15.9 Å². The number of nitrogens with zero attached hydrogens (tertiary/aromatic N) is 1. The van der Waals surface area contributed by atoms with E-state index in [9.17, 15) is 4.39 Å². The highest BCUT2D eigenvalue weighted by Gasteiger charge is 1.98. The van der Waals surface area contributed by atoms with E-state index in [0.717, 1.165) is 9.99 Å². The molecule has 0 fully saturated rings. The molecule has 0 N–H and O–H groups in total. The van der Waals surface area contributed by atoms with Crippen molar-refractivity contribution in [1.29, 1.82) is 0 Å². The molecule has 2 rings (SSSR count). The first kappa shape index (κ1) is 6.85. The van der Waals surface area contributed by atoms with Crippen LogP contribution >= 0.6 is 15.9 Å². The van der Waals surface area contributed by atoms with Gasteiger partial charge in [0.05, 0.1) is 5.52 Å². The number of rotatable bonds is 0. The first-order valence-electron chi connectivity index (χ1n) is 3.19. The van der Waals surface area contributed by atoms with Crippen LogP contribution in [0.25, 0.3) is 5.52 Å². The van der Waals surface area contributed by atoms with Crippen molar-refractivity contribution in [3.05, 3.63) is 40.9 Å². The minimum absolute atomic E-state index is 0.222. The third kappa shape index (κ3) is 1.05. The summed E-state index contributed by atoms with van der Waals surface area (Å²) >= 11 is 3.35. The van der Waals surface area contributed by atoms with Crippen molar-refractivity contribution in [3.63, 3.8) is 0 Å². The Balaban J connectivity index is 2.86. The monoisotopic (exact) mass is 213 g/mol. The molecule has 0 spiro atoms. The zero-order valence-corrected chi connectivity index (χ0v) is 7.18. The molecule has 0 aliphatic carbocycles. The van der Waals surface area contributed by atoms with Crippen molar-refractivity contribution in [2.45, 2.75) is 0 Å². The van der Waals surface area contributed by atoms with Crippen LogP contribution in [0.3, 0.4) is 0 Å². The molecule has 0 unspecified atom stereocenters. The molecular formula is C8H5BrFN. The van der Waals surface area contributed by atoms with E-state index in [4.69, 9.17) is 0 Å². The van der Waals surface area contributed by atoms with Gasteiger partial charge in [0, 0.05) is 16.9 Å². The van der Waals surface area contributed by atoms with E-state index in [1.807, 2.05) is 12.3 Å². The van der Waals surface area contributed by atoms with Gasteiger partial charge in [-0.05, 0) is 34.1 Å². The first-order chi connectivity index (χ1) is 5.27. The average Bonchev–Trinajstić information content (AvgIpc) is 2.32. The molecule has 2 aromatic heterocycles. The predicted octanol–water partition coefficient (Wildman–Crippen LogP) is 2.84. The summed E-state index contributed by atoms with van der Waals surface area (Å²) < 4.78 is 15.3. The normalized spacial score (nSPS) is 10.7. The molecule has 0 aliphatic rings. The lowest BCUT2D eigenvalue weighted by atomic mass is 10.4. The van der Waals surface area contributed by atoms with Crippen molar-refractivity contribution >= 4 is 21.4 Å². The van der Waals surface area contributed by atoms with Crippen LogP contribution in [0.5, 0.6) is 0 Å². The Kier molecular flexibility index (Phi) is 1.46. The highest BCUT2D eigenvalue weighted by atomic mass is 79.9. The Morgan fingerprint density at radius 2 is 2.09 bits per heavy atom. The third-order valence-electron chi connectivity index (χ3n) is 1.57. The van der Waals surface area contributed by atoms with Crippen molar-refractivity contribution in [3.8, 4) is 0 Å². The Bertz CT molecular complexity index is 394. The van der Waals surface area contributed by atoms with Crippen LogP contribution in [-0.2, 0) is 0 Å². The molecule has 0 aliphatic heterocycles. The van der Waals surface area contributed by atoms with Gasteiger partial charge in [-0.1, -0.05) is 0 Å². The highest BCUT2D eigenvalue weighted by Crippen LogP contribution is 2.18. The second-order valence-electron chi connectivity index (χ2n) is 2.30. The summed E-state index contributed by atoms with van der Waals surface area (Å²) in [7, 11) is 0. The summed E-state index contributed by atoms with van der Waals surface area (Å²) in [5.41, 5.74) is 0.978. The first-order valence-corrected chi connectivity index (χ1v) is 3.98. The molecule has 0 saturated carbocycles. The SMILES string of the molecule is Fc1ccc2c(Br)ccn2c1. The minimum atomic E-state index is -0.222. The fourth-order valence-electron chi connectivity index (χ4n) is 1.05. The number of hydrogen-bond donors (Lipinski definition) is 0. The van der Waals surface area contributed by atoms with Crippen LogP contribution in [-0.4, -0.2) is 4.40 Å². The molecular weight excluding hydrogens is 209 g/mol. The van der Waals surface area contributed by atoms with Crippen molar-refractivity contribution in [1.82, 2.24) is 4.40 Å². The minimum Gasteiger partial charge on any atom is -0.320 e. The fourth-order valence-corrected chi connectivity index (χ4v) is 1.50. The van der Waals surface area contributed by atoms with Crippen LogP contribution < -0.4 is 0 Å². The summed E-state index contributed by atoms with van der Waals surface area (Å²) in [6.45, 7) is 0. The molecule has 11 heavy (non-hydrogen) atoms. The van der Waals surface area contributed by atoms with Gasteiger partial charge in [-0.3, -0.25) is 0 Å². The van der Waals surface area contributed by atoms with Crippen molar-refractivity contribution in [2.75, 3.05) is 0 Å². The number of fused-ring (bicyclic) bond motifs is 1. The largest absolute Gasteiger partial charge is 0.320 e. The molecule has 0 amide bonds. The van der Waals surface area contributed by atoms with Crippen LogP contribution in [0.4, 0.5) is 4.39 Å². The summed E-state index contributed by atoms with van der Waals surface area (Å²) in [6, 6.07) is 5.06. The summed E-state index contributed by atoms with van der Waals surface area (Å²) in [5, 5.41) is 0. The van der Waals surface area contributed by atoms with Crippen LogP contribution in [0.15, 0.2) is 35.1 Å². The maximum absolute atomic E-state index is 12.6. The quantitative estimate of drug-likeness (QED) is 0.635. The lowest BCUT2D eigenvalue weighted by Gasteiger charge is -1.93. The van der Waals surface area contributed by atoms with Gasteiger partial charge in [0.15, 0.2) is 0 Å². The van der Waals surface area contributed by atoms with E-state index in [0.29, 0.717) is 0 Å². The standard InChI is InChI=1S/C8H5BrFN/c9-7-3-4-11-5-6(10)1-2-8(7)11/h1-5H. The van der Waals surface area contributed by atoms with Gasteiger partial charge in [0.1, 0.15) is 5.82 Å². The second kappa shape index (κ2) is 2.34. The Morgan fingerprint density at radius 1 is 1.27 bits per heavy atom. The summed E-state index contributed by atoms with van der Waals surface area (Å²) in [5.74, 6) is -0.222. The molecule has 56 valence electrons. The zero-order valence-electron chi connectivity index (χ0n) is 5.59. The lowest BCUT2D eigenvalue weighted by Crippen LogP contribution is -1.82. The molecule has 2 heterocycles. The van der Waals surface area contributed by atoms with Gasteiger partial charge in [-0.2, -0.15) is 0 Å². The number of halogens is 2. The average molecular weight is 214 g/mol.